The molecule has 0 bridgehead atoms. The van der Waals surface area contributed by atoms with Crippen molar-refractivity contribution in [3.8, 4) is 0 Å². The van der Waals surface area contributed by atoms with Crippen LogP contribution in [0.1, 0.15) is 31.1 Å². The third-order valence-corrected chi connectivity index (χ3v) is 3.82. The van der Waals surface area contributed by atoms with Gasteiger partial charge in [0.05, 0.1) is 0 Å². The summed E-state index contributed by atoms with van der Waals surface area (Å²) < 4.78 is 0. The summed E-state index contributed by atoms with van der Waals surface area (Å²) in [6.07, 6.45) is 0. The number of piperazine rings is 1. The predicted octanol–water partition coefficient (Wildman–Crippen LogP) is 1.59. The van der Waals surface area contributed by atoms with Crippen molar-refractivity contribution in [3.63, 3.8) is 0 Å². The van der Waals surface area contributed by atoms with Gasteiger partial charge >= 0.3 is 0 Å². The molecule has 1 aromatic carbocycles. The fourth-order valence-electron chi connectivity index (χ4n) is 2.58. The highest BCUT2D eigenvalue weighted by Gasteiger charge is 2.25. The molecule has 3 amide bonds. The Balaban J connectivity index is 1.94. The number of rotatable bonds is 3. The summed E-state index contributed by atoms with van der Waals surface area (Å²) in [6, 6.07) is 6.85. The lowest BCUT2D eigenvalue weighted by atomic mass is 10.1. The third-order valence-electron chi connectivity index (χ3n) is 3.82. The number of hydrogen-bond acceptors (Lipinski definition) is 3. The maximum absolute atomic E-state index is 12.5. The number of carbonyl (C=O) groups is 3. The lowest BCUT2D eigenvalue weighted by Gasteiger charge is -2.35. The number of anilines is 1. The molecular weight excluding hydrogens is 294 g/mol. The molecule has 1 aliphatic rings. The van der Waals surface area contributed by atoms with Crippen molar-refractivity contribution < 1.29 is 14.4 Å². The van der Waals surface area contributed by atoms with Crippen LogP contribution < -0.4 is 5.32 Å². The van der Waals surface area contributed by atoms with E-state index in [1.165, 1.54) is 6.92 Å². The Hall–Kier alpha value is -2.37. The van der Waals surface area contributed by atoms with Crippen molar-refractivity contribution in [3.05, 3.63) is 29.8 Å². The molecule has 23 heavy (non-hydrogen) atoms. The predicted molar refractivity (Wildman–Crippen MR) is 88.1 cm³/mol. The van der Waals surface area contributed by atoms with Crippen LogP contribution in [-0.4, -0.2) is 53.7 Å². The summed E-state index contributed by atoms with van der Waals surface area (Å²) in [5.74, 6) is -0.0682. The van der Waals surface area contributed by atoms with Gasteiger partial charge in [0.2, 0.25) is 11.8 Å². The van der Waals surface area contributed by atoms with Gasteiger partial charge < -0.3 is 15.1 Å². The number of carbonyl (C=O) groups excluding carboxylic acids is 3. The quantitative estimate of drug-likeness (QED) is 0.920. The molecule has 0 unspecified atom stereocenters. The Morgan fingerprint density at radius 2 is 1.48 bits per heavy atom. The van der Waals surface area contributed by atoms with Crippen LogP contribution >= 0.6 is 0 Å². The van der Waals surface area contributed by atoms with E-state index >= 15 is 0 Å². The van der Waals surface area contributed by atoms with E-state index in [1.807, 2.05) is 18.7 Å². The Kier molecular flexibility index (Phi) is 5.36. The number of hydrogen-bond donors (Lipinski definition) is 1. The standard InChI is InChI=1S/C17H23N3O3/c1-12(2)16(22)19-8-10-20(11-9-19)17(23)14-4-6-15(7-5-14)18-13(3)21/h4-7,12H,8-11H2,1-3H3,(H,18,21). The molecule has 0 aliphatic carbocycles. The van der Waals surface area contributed by atoms with E-state index in [0.717, 1.165) is 0 Å². The zero-order valence-corrected chi connectivity index (χ0v) is 13.8. The lowest BCUT2D eigenvalue weighted by Crippen LogP contribution is -2.51. The molecule has 0 radical (unpaired) electrons. The number of nitrogens with one attached hydrogen (secondary N) is 1. The van der Waals surface area contributed by atoms with Gasteiger partial charge in [-0.15, -0.1) is 0 Å². The second kappa shape index (κ2) is 7.26. The van der Waals surface area contributed by atoms with Gasteiger partial charge in [-0.1, -0.05) is 13.8 Å². The van der Waals surface area contributed by atoms with Crippen LogP contribution in [0, 0.1) is 5.92 Å². The monoisotopic (exact) mass is 317 g/mol. The van der Waals surface area contributed by atoms with Crippen LogP contribution in [0.3, 0.4) is 0 Å². The van der Waals surface area contributed by atoms with E-state index < -0.39 is 0 Å². The van der Waals surface area contributed by atoms with E-state index in [9.17, 15) is 14.4 Å². The zero-order valence-electron chi connectivity index (χ0n) is 13.8. The van der Waals surface area contributed by atoms with Crippen LogP contribution in [0.25, 0.3) is 0 Å². The Bertz CT molecular complexity index is 588. The molecule has 1 N–H and O–H groups in total. The van der Waals surface area contributed by atoms with Gasteiger partial charge in [0, 0.05) is 50.3 Å². The molecule has 1 aliphatic heterocycles. The largest absolute Gasteiger partial charge is 0.339 e. The average molecular weight is 317 g/mol. The SMILES string of the molecule is CC(=O)Nc1ccc(C(=O)N2CCN(C(=O)C(C)C)CC2)cc1. The maximum Gasteiger partial charge on any atom is 0.253 e. The van der Waals surface area contributed by atoms with E-state index in [4.69, 9.17) is 0 Å². The highest BCUT2D eigenvalue weighted by molar-refractivity contribution is 5.95. The average Bonchev–Trinajstić information content (AvgIpc) is 2.53. The molecule has 6 heteroatoms. The molecule has 1 fully saturated rings. The lowest BCUT2D eigenvalue weighted by molar-refractivity contribution is -0.135. The van der Waals surface area contributed by atoms with E-state index in [-0.39, 0.29) is 23.6 Å². The van der Waals surface area contributed by atoms with Crippen LogP contribution in [0.15, 0.2) is 24.3 Å². The van der Waals surface area contributed by atoms with E-state index in [0.29, 0.717) is 37.4 Å². The van der Waals surface area contributed by atoms with E-state index in [2.05, 4.69) is 5.32 Å². The van der Waals surface area contributed by atoms with Crippen molar-refractivity contribution >= 4 is 23.4 Å². The smallest absolute Gasteiger partial charge is 0.253 e. The number of amides is 3. The first-order valence-corrected chi connectivity index (χ1v) is 7.84. The van der Waals surface area contributed by atoms with Crippen LogP contribution in [0.4, 0.5) is 5.69 Å². The summed E-state index contributed by atoms with van der Waals surface area (Å²) >= 11 is 0. The minimum absolute atomic E-state index is 0.0152. The van der Waals surface area contributed by atoms with Gasteiger partial charge in [0.1, 0.15) is 0 Å². The Morgan fingerprint density at radius 3 is 1.96 bits per heavy atom. The molecule has 1 aromatic rings. The normalized spacial score (nSPS) is 14.8. The first-order chi connectivity index (χ1) is 10.9. The molecule has 6 nitrogen and oxygen atoms in total. The molecular formula is C17H23N3O3. The summed E-state index contributed by atoms with van der Waals surface area (Å²) in [5.41, 5.74) is 1.25. The van der Waals surface area contributed by atoms with E-state index in [1.54, 1.807) is 29.2 Å². The summed E-state index contributed by atoms with van der Waals surface area (Å²) in [4.78, 5) is 39.0. The highest BCUT2D eigenvalue weighted by atomic mass is 16.2. The van der Waals surface area contributed by atoms with Crippen molar-refractivity contribution in [1.82, 2.24) is 9.80 Å². The van der Waals surface area contributed by atoms with Gasteiger partial charge in [-0.2, -0.15) is 0 Å². The second-order valence-electron chi connectivity index (χ2n) is 6.03. The van der Waals surface area contributed by atoms with Crippen LogP contribution in [0.2, 0.25) is 0 Å². The fourth-order valence-corrected chi connectivity index (χ4v) is 2.58. The van der Waals surface area contributed by atoms with Gasteiger partial charge in [-0.05, 0) is 24.3 Å². The zero-order chi connectivity index (χ0) is 17.0. The summed E-state index contributed by atoms with van der Waals surface area (Å²) in [7, 11) is 0. The minimum atomic E-state index is -0.144. The summed E-state index contributed by atoms with van der Waals surface area (Å²) in [6.45, 7) is 7.46. The Morgan fingerprint density at radius 1 is 0.957 bits per heavy atom. The van der Waals surface area contributed by atoms with Crippen molar-refractivity contribution in [1.29, 1.82) is 0 Å². The third kappa shape index (κ3) is 4.31. The molecule has 124 valence electrons. The van der Waals surface area contributed by atoms with Crippen molar-refractivity contribution in [2.75, 3.05) is 31.5 Å². The van der Waals surface area contributed by atoms with Gasteiger partial charge in [-0.25, -0.2) is 0 Å². The van der Waals surface area contributed by atoms with Crippen molar-refractivity contribution in [2.24, 2.45) is 5.92 Å². The molecule has 0 atom stereocenters. The molecule has 0 saturated carbocycles. The molecule has 1 saturated heterocycles. The number of benzene rings is 1. The Labute approximate surface area is 136 Å². The minimum Gasteiger partial charge on any atom is -0.339 e. The van der Waals surface area contributed by atoms with Crippen LogP contribution in [0.5, 0.6) is 0 Å². The highest BCUT2D eigenvalue weighted by Crippen LogP contribution is 2.14. The van der Waals surface area contributed by atoms with Crippen LogP contribution in [-0.2, 0) is 9.59 Å². The van der Waals surface area contributed by atoms with Gasteiger partial charge in [0.25, 0.3) is 5.91 Å². The maximum atomic E-state index is 12.5. The molecule has 0 spiro atoms. The molecule has 0 aromatic heterocycles. The van der Waals surface area contributed by atoms with Gasteiger partial charge in [0.15, 0.2) is 0 Å². The first-order valence-electron chi connectivity index (χ1n) is 7.84. The summed E-state index contributed by atoms with van der Waals surface area (Å²) in [5, 5.41) is 2.67. The molecule has 1 heterocycles. The second-order valence-corrected chi connectivity index (χ2v) is 6.03. The molecule has 2 rings (SSSR count). The fraction of sp³-hybridized carbons (Fsp3) is 0.471. The number of nitrogens with zero attached hydrogens (tertiary/aromatic N) is 2. The van der Waals surface area contributed by atoms with Crippen molar-refractivity contribution in [2.45, 2.75) is 20.8 Å². The topological polar surface area (TPSA) is 69.7 Å². The first kappa shape index (κ1) is 17.0. The van der Waals surface area contributed by atoms with Gasteiger partial charge in [-0.3, -0.25) is 14.4 Å².